The number of benzene rings is 3. The van der Waals surface area contributed by atoms with E-state index in [0.717, 1.165) is 44.4 Å². The molecular weight excluding hydrogens is 448 g/mol. The lowest BCUT2D eigenvalue weighted by Crippen LogP contribution is -2.48. The predicted octanol–water partition coefficient (Wildman–Crippen LogP) is 5.91. The monoisotopic (exact) mass is 478 g/mol. The van der Waals surface area contributed by atoms with Crippen molar-refractivity contribution in [2.24, 2.45) is 0 Å². The van der Waals surface area contributed by atoms with Gasteiger partial charge in [0.15, 0.2) is 5.78 Å². The minimum absolute atomic E-state index is 0.0889. The van der Waals surface area contributed by atoms with Crippen molar-refractivity contribution in [2.45, 2.75) is 45.6 Å². The van der Waals surface area contributed by atoms with E-state index in [9.17, 15) is 14.7 Å². The molecule has 3 aromatic carbocycles. The molecule has 5 nitrogen and oxygen atoms in total. The van der Waals surface area contributed by atoms with Crippen LogP contribution >= 0.6 is 0 Å². The lowest BCUT2D eigenvalue weighted by molar-refractivity contribution is -0.124. The van der Waals surface area contributed by atoms with Gasteiger partial charge in [-0.15, -0.1) is 0 Å². The number of aliphatic hydroxyl groups is 1. The SMILES string of the molecule is CC(=O)NCc1c(C(C2=C(O)C(C)(c3ccc(C)cc3)C2=O)c2ccccc2)[nH]c2c(C)cccc12. The number of amides is 1. The van der Waals surface area contributed by atoms with Crippen LogP contribution in [-0.4, -0.2) is 21.8 Å². The molecule has 0 spiro atoms. The Balaban J connectivity index is 1.74. The molecule has 4 aromatic rings. The summed E-state index contributed by atoms with van der Waals surface area (Å²) in [6.45, 7) is 7.62. The average Bonchev–Trinajstić information content (AvgIpc) is 3.25. The maximum Gasteiger partial charge on any atom is 0.217 e. The summed E-state index contributed by atoms with van der Waals surface area (Å²) in [6.07, 6.45) is 0. The molecule has 0 saturated carbocycles. The van der Waals surface area contributed by atoms with Crippen molar-refractivity contribution < 1.29 is 14.7 Å². The molecule has 2 atom stereocenters. The van der Waals surface area contributed by atoms with Gasteiger partial charge >= 0.3 is 0 Å². The van der Waals surface area contributed by atoms with E-state index in [2.05, 4.69) is 10.3 Å². The van der Waals surface area contributed by atoms with Crippen LogP contribution in [0.1, 0.15) is 53.3 Å². The Hall–Kier alpha value is -4.12. The zero-order valence-electron chi connectivity index (χ0n) is 21.0. The standard InChI is InChI=1S/C31H30N2O3/c1-18-13-15-22(16-14-18)31(4)29(35)26(30(31)36)25(21-10-6-5-7-11-21)28-24(17-32-20(3)34)23-12-8-9-19(2)27(23)33-28/h5-16,25,33,35H,17H2,1-4H3,(H,32,34). The Morgan fingerprint density at radius 1 is 1.00 bits per heavy atom. The highest BCUT2D eigenvalue weighted by Crippen LogP contribution is 2.51. The van der Waals surface area contributed by atoms with Crippen molar-refractivity contribution in [3.05, 3.63) is 118 Å². The van der Waals surface area contributed by atoms with E-state index in [-0.39, 0.29) is 17.4 Å². The third-order valence-electron chi connectivity index (χ3n) is 7.46. The highest BCUT2D eigenvalue weighted by atomic mass is 16.3. The van der Waals surface area contributed by atoms with Gasteiger partial charge in [-0.2, -0.15) is 0 Å². The lowest BCUT2D eigenvalue weighted by atomic mass is 9.60. The number of carbonyl (C=O) groups excluding carboxylic acids is 2. The Bertz CT molecular complexity index is 1510. The number of hydrogen-bond acceptors (Lipinski definition) is 3. The molecule has 1 aromatic heterocycles. The topological polar surface area (TPSA) is 82.2 Å². The van der Waals surface area contributed by atoms with Crippen LogP contribution in [0.25, 0.3) is 10.9 Å². The second kappa shape index (κ2) is 8.83. The molecule has 1 heterocycles. The number of aliphatic hydroxyl groups excluding tert-OH is 1. The van der Waals surface area contributed by atoms with Gasteiger partial charge in [-0.25, -0.2) is 0 Å². The predicted molar refractivity (Wildman–Crippen MR) is 142 cm³/mol. The summed E-state index contributed by atoms with van der Waals surface area (Å²) in [6, 6.07) is 23.5. The van der Waals surface area contributed by atoms with Crippen LogP contribution < -0.4 is 5.32 Å². The van der Waals surface area contributed by atoms with Crippen molar-refractivity contribution in [3.63, 3.8) is 0 Å². The van der Waals surface area contributed by atoms with Crippen LogP contribution in [0.5, 0.6) is 0 Å². The molecule has 0 aliphatic heterocycles. The van der Waals surface area contributed by atoms with Crippen LogP contribution in [0.3, 0.4) is 0 Å². The van der Waals surface area contributed by atoms with Gasteiger partial charge in [-0.05, 0) is 37.5 Å². The summed E-state index contributed by atoms with van der Waals surface area (Å²) < 4.78 is 0. The van der Waals surface area contributed by atoms with Crippen molar-refractivity contribution in [2.75, 3.05) is 0 Å². The number of aromatic nitrogens is 1. The first kappa shape index (κ1) is 23.6. The Labute approximate surface area is 210 Å². The van der Waals surface area contributed by atoms with Crippen LogP contribution in [-0.2, 0) is 21.5 Å². The van der Waals surface area contributed by atoms with Gasteiger partial charge in [0.25, 0.3) is 0 Å². The highest BCUT2D eigenvalue weighted by Gasteiger charge is 2.55. The molecule has 2 unspecified atom stereocenters. The third-order valence-corrected chi connectivity index (χ3v) is 7.46. The number of H-pyrrole nitrogens is 1. The summed E-state index contributed by atoms with van der Waals surface area (Å²) >= 11 is 0. The highest BCUT2D eigenvalue weighted by molar-refractivity contribution is 6.14. The number of carbonyl (C=O) groups is 2. The molecule has 1 aliphatic carbocycles. The van der Waals surface area contributed by atoms with Gasteiger partial charge in [-0.1, -0.05) is 78.4 Å². The van der Waals surface area contributed by atoms with Crippen LogP contribution in [0, 0.1) is 13.8 Å². The Morgan fingerprint density at radius 3 is 2.33 bits per heavy atom. The molecule has 5 rings (SSSR count). The molecule has 182 valence electrons. The van der Waals surface area contributed by atoms with Crippen LogP contribution in [0.4, 0.5) is 0 Å². The number of hydrogen-bond donors (Lipinski definition) is 3. The fourth-order valence-corrected chi connectivity index (χ4v) is 5.33. The Morgan fingerprint density at radius 2 is 1.69 bits per heavy atom. The molecular formula is C31H30N2O3. The maximum absolute atomic E-state index is 13.9. The molecule has 1 aliphatic rings. The van der Waals surface area contributed by atoms with Gasteiger partial charge in [0, 0.05) is 41.2 Å². The number of Topliss-reactive ketones (excluding diaryl/α,β-unsaturated/α-hetero) is 1. The molecule has 0 saturated heterocycles. The fraction of sp³-hybridized carbons (Fsp3) is 0.226. The minimum Gasteiger partial charge on any atom is -0.510 e. The molecule has 1 amide bonds. The number of nitrogens with one attached hydrogen (secondary N) is 2. The third kappa shape index (κ3) is 3.63. The van der Waals surface area contributed by atoms with E-state index in [1.54, 1.807) is 6.92 Å². The summed E-state index contributed by atoms with van der Waals surface area (Å²) in [7, 11) is 0. The van der Waals surface area contributed by atoms with E-state index >= 15 is 0 Å². The van der Waals surface area contributed by atoms with Crippen molar-refractivity contribution >= 4 is 22.6 Å². The zero-order valence-corrected chi connectivity index (χ0v) is 21.0. The summed E-state index contributed by atoms with van der Waals surface area (Å²) in [5, 5.41) is 15.4. The normalized spacial score (nSPS) is 18.3. The number of para-hydroxylation sites is 1. The lowest BCUT2D eigenvalue weighted by Gasteiger charge is -2.41. The van der Waals surface area contributed by atoms with Crippen molar-refractivity contribution in [1.82, 2.24) is 10.3 Å². The summed E-state index contributed by atoms with van der Waals surface area (Å²) in [5.41, 5.74) is 5.81. The number of aromatic amines is 1. The minimum atomic E-state index is -1.09. The van der Waals surface area contributed by atoms with Gasteiger partial charge < -0.3 is 15.4 Å². The molecule has 0 bridgehead atoms. The van der Waals surface area contributed by atoms with E-state index in [1.165, 1.54) is 6.92 Å². The first-order chi connectivity index (χ1) is 17.2. The van der Waals surface area contributed by atoms with Crippen molar-refractivity contribution in [1.29, 1.82) is 0 Å². The van der Waals surface area contributed by atoms with E-state index in [1.807, 2.05) is 86.6 Å². The van der Waals surface area contributed by atoms with E-state index in [4.69, 9.17) is 0 Å². The average molecular weight is 479 g/mol. The molecule has 36 heavy (non-hydrogen) atoms. The Kier molecular flexibility index (Phi) is 5.79. The largest absolute Gasteiger partial charge is 0.510 e. The molecule has 0 fully saturated rings. The molecule has 0 radical (unpaired) electrons. The second-order valence-electron chi connectivity index (χ2n) is 9.85. The van der Waals surface area contributed by atoms with Gasteiger partial charge in [-0.3, -0.25) is 9.59 Å². The van der Waals surface area contributed by atoms with Gasteiger partial charge in [0.1, 0.15) is 11.2 Å². The molecule has 5 heteroatoms. The second-order valence-corrected chi connectivity index (χ2v) is 9.85. The summed E-state index contributed by atoms with van der Waals surface area (Å²) in [4.78, 5) is 29.3. The number of aryl methyl sites for hydroxylation is 2. The van der Waals surface area contributed by atoms with E-state index < -0.39 is 11.3 Å². The number of ketones is 1. The smallest absolute Gasteiger partial charge is 0.217 e. The zero-order chi connectivity index (χ0) is 25.6. The fourth-order valence-electron chi connectivity index (χ4n) is 5.33. The molecule has 3 N–H and O–H groups in total. The number of rotatable bonds is 6. The van der Waals surface area contributed by atoms with Crippen LogP contribution in [0.15, 0.2) is 84.1 Å². The number of allylic oxidation sites excluding steroid dienone is 2. The van der Waals surface area contributed by atoms with Gasteiger partial charge in [0.2, 0.25) is 5.91 Å². The van der Waals surface area contributed by atoms with Crippen LogP contribution in [0.2, 0.25) is 0 Å². The number of fused-ring (bicyclic) bond motifs is 1. The first-order valence-electron chi connectivity index (χ1n) is 12.2. The van der Waals surface area contributed by atoms with Gasteiger partial charge in [0.05, 0.1) is 5.92 Å². The first-order valence-corrected chi connectivity index (χ1v) is 12.2. The van der Waals surface area contributed by atoms with Crippen molar-refractivity contribution in [3.8, 4) is 0 Å². The van der Waals surface area contributed by atoms with E-state index in [0.29, 0.717) is 12.1 Å². The summed E-state index contributed by atoms with van der Waals surface area (Å²) in [5.74, 6) is -0.648. The maximum atomic E-state index is 13.9. The quantitative estimate of drug-likeness (QED) is 0.322.